The lowest BCUT2D eigenvalue weighted by atomic mass is 10.2. The van der Waals surface area contributed by atoms with Crippen LogP contribution in [-0.4, -0.2) is 53.4 Å². The number of hydrogen-bond donors (Lipinski definition) is 1. The maximum absolute atomic E-state index is 5.45. The van der Waals surface area contributed by atoms with Gasteiger partial charge in [0.15, 0.2) is 0 Å². The van der Waals surface area contributed by atoms with Crippen LogP contribution in [-0.2, 0) is 4.74 Å². The maximum atomic E-state index is 5.45. The monoisotopic (exact) mass is 347 g/mol. The molecule has 1 fully saturated rings. The van der Waals surface area contributed by atoms with E-state index in [-0.39, 0.29) is 0 Å². The van der Waals surface area contributed by atoms with E-state index < -0.39 is 0 Å². The van der Waals surface area contributed by atoms with Gasteiger partial charge in [0.25, 0.3) is 0 Å². The van der Waals surface area contributed by atoms with Crippen molar-refractivity contribution >= 4 is 22.4 Å². The topological polar surface area (TPSA) is 62.6 Å². The van der Waals surface area contributed by atoms with Crippen LogP contribution in [0.15, 0.2) is 65.9 Å². The van der Waals surface area contributed by atoms with E-state index in [9.17, 15) is 0 Å². The fraction of sp³-hybridized carbons (Fsp3) is 0.250. The number of para-hydroxylation sites is 3. The highest BCUT2D eigenvalue weighted by atomic mass is 16.5. The number of hydrogen-bond acceptors (Lipinski definition) is 6. The highest BCUT2D eigenvalue weighted by molar-refractivity contribution is 6.01. The second-order valence-electron chi connectivity index (χ2n) is 6.17. The van der Waals surface area contributed by atoms with E-state index in [0.717, 1.165) is 54.4 Å². The van der Waals surface area contributed by atoms with Gasteiger partial charge in [-0.25, -0.2) is 4.98 Å². The number of fused-ring (bicyclic) bond motifs is 1. The Morgan fingerprint density at radius 3 is 2.54 bits per heavy atom. The number of morpholine rings is 1. The fourth-order valence-corrected chi connectivity index (χ4v) is 2.89. The lowest BCUT2D eigenvalue weighted by Crippen LogP contribution is -2.40. The first kappa shape index (κ1) is 16.6. The standard InChI is InChI=1S/C20H21N5O/c1-2-6-16(7-3-1)23-24-20(15-25-10-12-26-13-11-25)19-14-21-17-8-4-5-9-18(17)22-19/h1-9,14,23H,10-13,15H2/b24-20-. The molecule has 26 heavy (non-hydrogen) atoms. The Bertz CT molecular complexity index is 891. The molecule has 2 aromatic carbocycles. The van der Waals surface area contributed by atoms with Gasteiger partial charge in [0.1, 0.15) is 11.4 Å². The lowest BCUT2D eigenvalue weighted by Gasteiger charge is -2.26. The number of ether oxygens (including phenoxy) is 1. The highest BCUT2D eigenvalue weighted by Crippen LogP contribution is 2.11. The molecule has 0 saturated carbocycles. The van der Waals surface area contributed by atoms with Crippen molar-refractivity contribution in [2.75, 3.05) is 38.3 Å². The van der Waals surface area contributed by atoms with Crippen LogP contribution in [0.25, 0.3) is 11.0 Å². The molecule has 0 atom stereocenters. The number of benzene rings is 2. The van der Waals surface area contributed by atoms with Crippen LogP contribution in [0, 0.1) is 0 Å². The Balaban J connectivity index is 1.63. The Labute approximate surface area is 152 Å². The summed E-state index contributed by atoms with van der Waals surface area (Å²) in [6.07, 6.45) is 1.80. The van der Waals surface area contributed by atoms with E-state index in [1.54, 1.807) is 6.20 Å². The first-order valence-corrected chi connectivity index (χ1v) is 8.78. The maximum Gasteiger partial charge on any atom is 0.107 e. The van der Waals surface area contributed by atoms with Crippen LogP contribution in [0.4, 0.5) is 5.69 Å². The molecule has 2 heterocycles. The molecule has 132 valence electrons. The van der Waals surface area contributed by atoms with Crippen molar-refractivity contribution in [3.8, 4) is 0 Å². The number of hydrazone groups is 1. The summed E-state index contributed by atoms with van der Waals surface area (Å²) < 4.78 is 5.45. The number of rotatable bonds is 5. The Hall–Kier alpha value is -2.83. The van der Waals surface area contributed by atoms with Gasteiger partial charge in [-0.1, -0.05) is 30.3 Å². The minimum absolute atomic E-state index is 0.705. The van der Waals surface area contributed by atoms with Gasteiger partial charge < -0.3 is 4.74 Å². The summed E-state index contributed by atoms with van der Waals surface area (Å²) in [7, 11) is 0. The van der Waals surface area contributed by atoms with Gasteiger partial charge in [0.2, 0.25) is 0 Å². The van der Waals surface area contributed by atoms with E-state index >= 15 is 0 Å². The van der Waals surface area contributed by atoms with Gasteiger partial charge in [0.05, 0.1) is 36.1 Å². The van der Waals surface area contributed by atoms with E-state index in [1.165, 1.54) is 0 Å². The van der Waals surface area contributed by atoms with Crippen molar-refractivity contribution in [1.29, 1.82) is 0 Å². The predicted octanol–water partition coefficient (Wildman–Crippen LogP) is 2.78. The molecule has 1 aliphatic rings. The molecular formula is C20H21N5O. The summed E-state index contributed by atoms with van der Waals surface area (Å²) in [5.74, 6) is 0. The minimum atomic E-state index is 0.705. The van der Waals surface area contributed by atoms with Gasteiger partial charge >= 0.3 is 0 Å². The summed E-state index contributed by atoms with van der Waals surface area (Å²) >= 11 is 0. The summed E-state index contributed by atoms with van der Waals surface area (Å²) in [6.45, 7) is 4.00. The van der Waals surface area contributed by atoms with E-state index in [0.29, 0.717) is 6.54 Å². The molecule has 1 saturated heterocycles. The number of aromatic nitrogens is 2. The van der Waals surface area contributed by atoms with Gasteiger partial charge in [-0.3, -0.25) is 15.3 Å². The largest absolute Gasteiger partial charge is 0.379 e. The molecule has 0 amide bonds. The molecule has 0 bridgehead atoms. The zero-order valence-corrected chi connectivity index (χ0v) is 14.5. The summed E-state index contributed by atoms with van der Waals surface area (Å²) in [5, 5.41) is 4.65. The number of anilines is 1. The zero-order valence-electron chi connectivity index (χ0n) is 14.5. The van der Waals surface area contributed by atoms with Crippen LogP contribution < -0.4 is 5.43 Å². The average molecular weight is 347 g/mol. The Morgan fingerprint density at radius 2 is 1.73 bits per heavy atom. The normalized spacial score (nSPS) is 15.9. The van der Waals surface area contributed by atoms with Crippen LogP contribution in [0.3, 0.4) is 0 Å². The molecule has 1 aliphatic heterocycles. The van der Waals surface area contributed by atoms with Gasteiger partial charge in [-0.05, 0) is 24.3 Å². The van der Waals surface area contributed by atoms with Crippen LogP contribution in [0.1, 0.15) is 5.69 Å². The molecule has 0 aliphatic carbocycles. The van der Waals surface area contributed by atoms with Crippen molar-refractivity contribution in [1.82, 2.24) is 14.9 Å². The highest BCUT2D eigenvalue weighted by Gasteiger charge is 2.16. The Morgan fingerprint density at radius 1 is 1.00 bits per heavy atom. The van der Waals surface area contributed by atoms with Gasteiger partial charge in [-0.15, -0.1) is 0 Å². The smallest absolute Gasteiger partial charge is 0.107 e. The second kappa shape index (κ2) is 8.03. The Kier molecular flexibility index (Phi) is 5.14. The molecule has 3 aromatic rings. The molecule has 6 nitrogen and oxygen atoms in total. The molecule has 0 spiro atoms. The van der Waals surface area contributed by atoms with Gasteiger partial charge in [-0.2, -0.15) is 5.10 Å². The quantitative estimate of drug-likeness (QED) is 0.568. The van der Waals surface area contributed by atoms with E-state index in [2.05, 4.69) is 20.4 Å². The van der Waals surface area contributed by atoms with E-state index in [4.69, 9.17) is 9.72 Å². The summed E-state index contributed by atoms with van der Waals surface area (Å²) in [4.78, 5) is 11.6. The zero-order chi connectivity index (χ0) is 17.6. The third-order valence-corrected chi connectivity index (χ3v) is 4.32. The van der Waals surface area contributed by atoms with E-state index in [1.807, 2.05) is 54.6 Å². The molecule has 0 radical (unpaired) electrons. The molecular weight excluding hydrogens is 326 g/mol. The molecule has 1 aromatic heterocycles. The average Bonchev–Trinajstić information content (AvgIpc) is 2.72. The van der Waals surface area contributed by atoms with Crippen molar-refractivity contribution in [2.45, 2.75) is 0 Å². The third kappa shape index (κ3) is 4.04. The molecule has 1 N–H and O–H groups in total. The van der Waals surface area contributed by atoms with Gasteiger partial charge in [0, 0.05) is 19.6 Å². The number of nitrogens with zero attached hydrogens (tertiary/aromatic N) is 4. The molecule has 4 rings (SSSR count). The fourth-order valence-electron chi connectivity index (χ4n) is 2.89. The van der Waals surface area contributed by atoms with Crippen LogP contribution in [0.5, 0.6) is 0 Å². The third-order valence-electron chi connectivity index (χ3n) is 4.32. The predicted molar refractivity (Wildman–Crippen MR) is 103 cm³/mol. The van der Waals surface area contributed by atoms with Crippen LogP contribution >= 0.6 is 0 Å². The lowest BCUT2D eigenvalue weighted by molar-refractivity contribution is 0.0453. The first-order chi connectivity index (χ1) is 12.9. The molecule has 6 heteroatoms. The summed E-state index contributed by atoms with van der Waals surface area (Å²) in [5.41, 5.74) is 7.51. The number of nitrogens with one attached hydrogen (secondary N) is 1. The van der Waals surface area contributed by atoms with Crippen LogP contribution in [0.2, 0.25) is 0 Å². The van der Waals surface area contributed by atoms with Crippen molar-refractivity contribution in [2.24, 2.45) is 5.10 Å². The second-order valence-corrected chi connectivity index (χ2v) is 6.17. The van der Waals surface area contributed by atoms with Crippen molar-refractivity contribution < 1.29 is 4.74 Å². The minimum Gasteiger partial charge on any atom is -0.379 e. The molecule has 0 unspecified atom stereocenters. The first-order valence-electron chi connectivity index (χ1n) is 8.78. The SMILES string of the molecule is c1ccc(N/N=C(/CN2CCOCC2)c2cnc3ccccc3n2)cc1. The summed E-state index contributed by atoms with van der Waals surface area (Å²) in [6, 6.07) is 17.8. The van der Waals surface area contributed by atoms with Crippen molar-refractivity contribution in [3.05, 3.63) is 66.5 Å². The van der Waals surface area contributed by atoms with Crippen molar-refractivity contribution in [3.63, 3.8) is 0 Å².